The lowest BCUT2D eigenvalue weighted by Crippen LogP contribution is -2.49. The van der Waals surface area contributed by atoms with Crippen molar-refractivity contribution in [1.29, 1.82) is 0 Å². The number of pyridine rings is 2. The smallest absolute Gasteiger partial charge is 0.410 e. The maximum Gasteiger partial charge on any atom is 0.410 e. The summed E-state index contributed by atoms with van der Waals surface area (Å²) in [5.41, 5.74) is 5.14. The Labute approximate surface area is 363 Å². The highest BCUT2D eigenvalue weighted by Crippen LogP contribution is 2.42. The summed E-state index contributed by atoms with van der Waals surface area (Å²) in [6.45, 7) is 12.3. The van der Waals surface area contributed by atoms with E-state index in [4.69, 9.17) is 42.4 Å². The number of methoxy groups -OCH3 is 2. The van der Waals surface area contributed by atoms with Gasteiger partial charge in [-0.2, -0.15) is 0 Å². The van der Waals surface area contributed by atoms with Crippen molar-refractivity contribution in [2.45, 2.75) is 91.1 Å². The zero-order valence-corrected chi connectivity index (χ0v) is 37.4. The van der Waals surface area contributed by atoms with Gasteiger partial charge in [-0.1, -0.05) is 53.5 Å². The molecule has 6 rings (SSSR count). The third-order valence-electron chi connectivity index (χ3n) is 11.4. The minimum atomic E-state index is -0.686. The van der Waals surface area contributed by atoms with E-state index >= 15 is 0 Å². The van der Waals surface area contributed by atoms with Crippen LogP contribution in [0.5, 0.6) is 11.6 Å². The largest absolute Gasteiger partial charge is 0.496 e. The van der Waals surface area contributed by atoms with Gasteiger partial charge < -0.3 is 28.9 Å². The molecule has 0 spiro atoms. The first-order chi connectivity index (χ1) is 28.6. The minimum Gasteiger partial charge on any atom is -0.496 e. The fourth-order valence-electron chi connectivity index (χ4n) is 8.09. The first-order valence-electron chi connectivity index (χ1n) is 20.4. The molecule has 0 aliphatic carbocycles. The zero-order valence-electron chi connectivity index (χ0n) is 35.9. The molecule has 0 radical (unpaired) electrons. The Hall–Kier alpha value is -4.91. The second-order valence-electron chi connectivity index (χ2n) is 16.6. The predicted molar refractivity (Wildman–Crippen MR) is 235 cm³/mol. The Morgan fingerprint density at radius 3 is 1.97 bits per heavy atom. The van der Waals surface area contributed by atoms with E-state index in [1.807, 2.05) is 74.2 Å². The van der Waals surface area contributed by atoms with E-state index in [-0.39, 0.29) is 24.4 Å². The standard InChI is InChI=1S/C46H56Cl2N6O6/c1-29(55)52-22-17-34(18-23-52)51(6)27-32-13-12-31(26-40(32)58-7)43-42(48)37(16-21-49-43)36-10-9-11-38(41(36)47)39-15-14-33(44(50-39)59-8)28-54(45(57)60-46(3,4)5)35-19-24-53(25-20-35)30(2)56/h9-16,21,26,34-35H,17-20,22-25,27-28H2,1-8H3. The van der Waals surface area contributed by atoms with Gasteiger partial charge in [0.05, 0.1) is 42.2 Å². The van der Waals surface area contributed by atoms with Gasteiger partial charge in [0.1, 0.15) is 11.4 Å². The second-order valence-corrected chi connectivity index (χ2v) is 17.3. The molecule has 0 N–H and O–H groups in total. The highest BCUT2D eigenvalue weighted by molar-refractivity contribution is 6.39. The Morgan fingerprint density at radius 2 is 1.37 bits per heavy atom. The lowest BCUT2D eigenvalue weighted by Gasteiger charge is -2.39. The quantitative estimate of drug-likeness (QED) is 0.146. The number of aromatic nitrogens is 2. The molecule has 2 saturated heterocycles. The monoisotopic (exact) mass is 858 g/mol. The Morgan fingerprint density at radius 1 is 0.767 bits per heavy atom. The molecule has 0 atom stereocenters. The molecule has 12 nitrogen and oxygen atoms in total. The van der Waals surface area contributed by atoms with Crippen LogP contribution in [0.3, 0.4) is 0 Å². The molecule has 0 unspecified atom stereocenters. The number of benzene rings is 2. The fourth-order valence-corrected chi connectivity index (χ4v) is 8.74. The normalized spacial score (nSPS) is 15.2. The maximum atomic E-state index is 13.6. The first-order valence-corrected chi connectivity index (χ1v) is 21.2. The topological polar surface area (TPSA) is 118 Å². The summed E-state index contributed by atoms with van der Waals surface area (Å²) < 4.78 is 17.5. The van der Waals surface area contributed by atoms with Gasteiger partial charge in [-0.25, -0.2) is 9.78 Å². The van der Waals surface area contributed by atoms with Crippen LogP contribution in [0.15, 0.2) is 60.8 Å². The van der Waals surface area contributed by atoms with E-state index in [2.05, 4.69) is 23.0 Å². The average molecular weight is 860 g/mol. The van der Waals surface area contributed by atoms with Crippen LogP contribution in [0.2, 0.25) is 10.0 Å². The molecule has 2 aromatic carbocycles. The van der Waals surface area contributed by atoms with Crippen molar-refractivity contribution in [3.8, 4) is 45.3 Å². The van der Waals surface area contributed by atoms with Gasteiger partial charge in [0.25, 0.3) is 0 Å². The summed E-state index contributed by atoms with van der Waals surface area (Å²) >= 11 is 14.4. The van der Waals surface area contributed by atoms with E-state index in [0.717, 1.165) is 42.8 Å². The number of rotatable bonds is 11. The molecule has 2 fully saturated rings. The Bertz CT molecular complexity index is 2200. The van der Waals surface area contributed by atoms with Crippen molar-refractivity contribution in [2.75, 3.05) is 47.4 Å². The number of amides is 3. The molecule has 0 bridgehead atoms. The zero-order chi connectivity index (χ0) is 43.3. The fraction of sp³-hybridized carbons (Fsp3) is 0.457. The van der Waals surface area contributed by atoms with Crippen molar-refractivity contribution < 1.29 is 28.6 Å². The third kappa shape index (κ3) is 10.3. The molecule has 60 heavy (non-hydrogen) atoms. The van der Waals surface area contributed by atoms with Crippen molar-refractivity contribution >= 4 is 41.1 Å². The van der Waals surface area contributed by atoms with Crippen LogP contribution in [0.25, 0.3) is 33.6 Å². The van der Waals surface area contributed by atoms with Gasteiger partial charge in [-0.3, -0.25) is 19.5 Å². The van der Waals surface area contributed by atoms with E-state index in [0.29, 0.717) is 88.1 Å². The molecule has 2 aliphatic heterocycles. The summed E-state index contributed by atoms with van der Waals surface area (Å²) in [7, 11) is 5.33. The van der Waals surface area contributed by atoms with Crippen LogP contribution >= 0.6 is 23.2 Å². The van der Waals surface area contributed by atoms with Gasteiger partial charge >= 0.3 is 6.09 Å². The Balaban J connectivity index is 1.24. The highest BCUT2D eigenvalue weighted by Gasteiger charge is 2.33. The second kappa shape index (κ2) is 19.2. The molecular weight excluding hydrogens is 803 g/mol. The number of carbonyl (C=O) groups excluding carboxylic acids is 3. The summed E-state index contributed by atoms with van der Waals surface area (Å²) in [5, 5.41) is 0.898. The van der Waals surface area contributed by atoms with Crippen LogP contribution in [-0.2, 0) is 27.4 Å². The van der Waals surface area contributed by atoms with E-state index < -0.39 is 11.7 Å². The SMILES string of the molecule is COc1cc(-c2nccc(-c3cccc(-c4ccc(CN(C(=O)OC(C)(C)C)C5CCN(C(C)=O)CC5)c(OC)n4)c3Cl)c2Cl)ccc1CN(C)C1CCN(C(C)=O)CC1. The van der Waals surface area contributed by atoms with E-state index in [1.54, 1.807) is 44.1 Å². The van der Waals surface area contributed by atoms with Crippen molar-refractivity contribution in [1.82, 2.24) is 29.6 Å². The minimum absolute atomic E-state index is 0.0267. The molecule has 3 amide bonds. The number of halogens is 2. The van der Waals surface area contributed by atoms with E-state index in [1.165, 1.54) is 0 Å². The summed E-state index contributed by atoms with van der Waals surface area (Å²) in [6, 6.07) is 17.6. The number of piperidine rings is 2. The summed E-state index contributed by atoms with van der Waals surface area (Å²) in [6.07, 6.45) is 4.42. The van der Waals surface area contributed by atoms with Gasteiger partial charge in [-0.15, -0.1) is 0 Å². The van der Waals surface area contributed by atoms with Gasteiger partial charge in [0.15, 0.2) is 0 Å². The maximum absolute atomic E-state index is 13.6. The van der Waals surface area contributed by atoms with Gasteiger partial charge in [-0.05, 0) is 77.8 Å². The molecule has 2 aromatic heterocycles. The third-order valence-corrected chi connectivity index (χ3v) is 12.2. The summed E-state index contributed by atoms with van der Waals surface area (Å²) in [5.74, 6) is 1.25. The number of hydrogen-bond donors (Lipinski definition) is 0. The van der Waals surface area contributed by atoms with E-state index in [9.17, 15) is 14.4 Å². The van der Waals surface area contributed by atoms with Crippen LogP contribution in [-0.4, -0.2) is 113 Å². The van der Waals surface area contributed by atoms with Crippen LogP contribution in [0.1, 0.15) is 71.4 Å². The average Bonchev–Trinajstić information content (AvgIpc) is 3.22. The van der Waals surface area contributed by atoms with Gasteiger partial charge in [0.2, 0.25) is 17.7 Å². The first kappa shape index (κ1) is 44.6. The number of carbonyl (C=O) groups is 3. The number of hydrogen-bond acceptors (Lipinski definition) is 9. The number of likely N-dealkylation sites (tertiary alicyclic amines) is 2. The van der Waals surface area contributed by atoms with Crippen molar-refractivity contribution in [3.05, 3.63) is 82.0 Å². The van der Waals surface area contributed by atoms with Crippen molar-refractivity contribution in [3.63, 3.8) is 0 Å². The lowest BCUT2D eigenvalue weighted by molar-refractivity contribution is -0.131. The van der Waals surface area contributed by atoms with Gasteiger partial charge in [0, 0.05) is 98.2 Å². The molecule has 2 aliphatic rings. The molecule has 320 valence electrons. The van der Waals surface area contributed by atoms with Crippen molar-refractivity contribution in [2.24, 2.45) is 0 Å². The molecule has 0 saturated carbocycles. The number of ether oxygens (including phenoxy) is 3. The molecule has 14 heteroatoms. The predicted octanol–water partition coefficient (Wildman–Crippen LogP) is 8.99. The lowest BCUT2D eigenvalue weighted by atomic mass is 9.98. The Kier molecular flexibility index (Phi) is 14.3. The number of nitrogens with zero attached hydrogens (tertiary/aromatic N) is 6. The van der Waals surface area contributed by atoms with Crippen LogP contribution in [0, 0.1) is 0 Å². The molecular formula is C46H56Cl2N6O6. The van der Waals surface area contributed by atoms with Crippen LogP contribution in [0.4, 0.5) is 4.79 Å². The molecule has 4 heterocycles. The molecule has 4 aromatic rings. The highest BCUT2D eigenvalue weighted by atomic mass is 35.5. The summed E-state index contributed by atoms with van der Waals surface area (Å²) in [4.78, 5) is 54.8. The van der Waals surface area contributed by atoms with Crippen LogP contribution < -0.4 is 9.47 Å².